The van der Waals surface area contributed by atoms with E-state index >= 15 is 0 Å². The molecule has 4 atom stereocenters. The summed E-state index contributed by atoms with van der Waals surface area (Å²) >= 11 is 0. The van der Waals surface area contributed by atoms with Crippen LogP contribution in [0.5, 0.6) is 0 Å². The number of quaternary nitrogens is 1. The van der Waals surface area contributed by atoms with Gasteiger partial charge in [-0.15, -0.1) is 0 Å². The molecule has 1 amide bonds. The van der Waals surface area contributed by atoms with Crippen LogP contribution in [0, 0.1) is 0 Å². The molecule has 0 spiro atoms. The molecule has 9 nitrogen and oxygen atoms in total. The molecular weight excluding hydrogens is 699 g/mol. The number of phosphoric acid groups is 1. The Morgan fingerprint density at radius 2 is 1.24 bits per heavy atom. The van der Waals surface area contributed by atoms with Crippen molar-refractivity contribution in [1.29, 1.82) is 0 Å². The first-order valence-electron chi connectivity index (χ1n) is 21.6. The zero-order chi connectivity index (χ0) is 40.2. The molecule has 0 aliphatic heterocycles. The van der Waals surface area contributed by atoms with Gasteiger partial charge in [-0.2, -0.15) is 0 Å². The number of hydrogen-bond donors (Lipinski definition) is 3. The summed E-state index contributed by atoms with van der Waals surface area (Å²) in [6.07, 6.45) is 39.9. The fourth-order valence-corrected chi connectivity index (χ4v) is 6.63. The fraction of sp³-hybridized carbons (Fsp3) is 0.795. The van der Waals surface area contributed by atoms with Gasteiger partial charge in [-0.25, -0.2) is 0 Å². The van der Waals surface area contributed by atoms with E-state index < -0.39 is 32.7 Å². The van der Waals surface area contributed by atoms with Crippen molar-refractivity contribution in [2.45, 2.75) is 186 Å². The number of phosphoric ester groups is 1. The molecule has 54 heavy (non-hydrogen) atoms. The van der Waals surface area contributed by atoms with Crippen LogP contribution in [0.4, 0.5) is 0 Å². The van der Waals surface area contributed by atoms with E-state index in [-0.39, 0.29) is 18.9 Å². The maximum Gasteiger partial charge on any atom is 0.268 e. The van der Waals surface area contributed by atoms with Crippen molar-refractivity contribution in [3.05, 3.63) is 48.6 Å². The van der Waals surface area contributed by atoms with E-state index in [9.17, 15) is 24.5 Å². The molecule has 0 saturated carbocycles. The molecule has 0 radical (unpaired) electrons. The third kappa shape index (κ3) is 37.3. The summed E-state index contributed by atoms with van der Waals surface area (Å²) in [6, 6.07) is -0.894. The molecule has 3 N–H and O–H groups in total. The van der Waals surface area contributed by atoms with Gasteiger partial charge in [0.15, 0.2) is 0 Å². The quantitative estimate of drug-likeness (QED) is 0.0187. The average molecular weight is 783 g/mol. The summed E-state index contributed by atoms with van der Waals surface area (Å²) in [6.45, 7) is 4.51. The standard InChI is InChI=1S/C44H83N2O7P/c1-6-8-10-12-14-16-18-20-22-24-26-28-30-32-36-43(48)42(40-53-54(50,51)52-39-38-46(3,4)5)45-44(49)37-33-35-41(47)34-31-29-27-25-23-21-19-17-15-13-11-9-7-2/h15,17,21,23,27,29,31,34,41-43,47-48H,6-14,16,18-20,22,24-26,28,30,32-33,35-40H2,1-5H3,(H-,45,49,50,51)/b17-15-,23-21-,29-27-,34-31+/t41-,42-,43+/m0/s1. The highest BCUT2D eigenvalue weighted by atomic mass is 31.2. The van der Waals surface area contributed by atoms with Gasteiger partial charge in [0.25, 0.3) is 7.82 Å². The Bertz CT molecular complexity index is 1040. The first kappa shape index (κ1) is 52.4. The Labute approximate surface area is 332 Å². The van der Waals surface area contributed by atoms with Crippen LogP contribution in [0.25, 0.3) is 0 Å². The smallest absolute Gasteiger partial charge is 0.268 e. The van der Waals surface area contributed by atoms with Crippen LogP contribution in [0.3, 0.4) is 0 Å². The lowest BCUT2D eigenvalue weighted by atomic mass is 10.0. The number of nitrogens with one attached hydrogen (secondary N) is 1. The molecule has 0 heterocycles. The van der Waals surface area contributed by atoms with Crippen molar-refractivity contribution in [1.82, 2.24) is 5.32 Å². The van der Waals surface area contributed by atoms with Crippen molar-refractivity contribution in [3.8, 4) is 0 Å². The number of amides is 1. The predicted octanol–water partition coefficient (Wildman–Crippen LogP) is 10.0. The van der Waals surface area contributed by atoms with E-state index in [2.05, 4.69) is 43.5 Å². The third-order valence-electron chi connectivity index (χ3n) is 9.42. The van der Waals surface area contributed by atoms with Gasteiger partial charge in [0.1, 0.15) is 13.2 Å². The molecule has 316 valence electrons. The first-order valence-corrected chi connectivity index (χ1v) is 23.1. The van der Waals surface area contributed by atoms with E-state index in [4.69, 9.17) is 9.05 Å². The third-order valence-corrected chi connectivity index (χ3v) is 10.4. The number of carbonyl (C=O) groups is 1. The Kier molecular flexibility index (Phi) is 34.8. The normalized spacial score (nSPS) is 15.5. The minimum absolute atomic E-state index is 0.0242. The first-order chi connectivity index (χ1) is 25.9. The van der Waals surface area contributed by atoms with Crippen LogP contribution in [0.1, 0.15) is 168 Å². The number of nitrogens with zero attached hydrogens (tertiary/aromatic N) is 1. The van der Waals surface area contributed by atoms with E-state index in [1.807, 2.05) is 39.4 Å². The molecule has 0 bridgehead atoms. The molecule has 0 aromatic heterocycles. The zero-order valence-corrected chi connectivity index (χ0v) is 36.2. The summed E-state index contributed by atoms with van der Waals surface area (Å²) in [5, 5.41) is 24.1. The molecule has 0 aliphatic carbocycles. The summed E-state index contributed by atoms with van der Waals surface area (Å²) in [7, 11) is 1.18. The topological polar surface area (TPSA) is 128 Å². The highest BCUT2D eigenvalue weighted by Gasteiger charge is 2.24. The van der Waals surface area contributed by atoms with Gasteiger partial charge in [-0.3, -0.25) is 9.36 Å². The van der Waals surface area contributed by atoms with Gasteiger partial charge in [-0.1, -0.05) is 165 Å². The largest absolute Gasteiger partial charge is 0.756 e. The van der Waals surface area contributed by atoms with Crippen molar-refractivity contribution < 1.29 is 38.0 Å². The number of carbonyl (C=O) groups excluding carboxylic acids is 1. The second-order valence-corrected chi connectivity index (χ2v) is 17.3. The Morgan fingerprint density at radius 3 is 1.83 bits per heavy atom. The Morgan fingerprint density at radius 1 is 0.704 bits per heavy atom. The van der Waals surface area contributed by atoms with E-state index in [0.29, 0.717) is 30.3 Å². The highest BCUT2D eigenvalue weighted by molar-refractivity contribution is 7.45. The van der Waals surface area contributed by atoms with Crippen LogP contribution in [0.15, 0.2) is 48.6 Å². The lowest BCUT2D eigenvalue weighted by molar-refractivity contribution is -0.870. The number of rotatable bonds is 38. The van der Waals surface area contributed by atoms with Crippen molar-refractivity contribution in [2.75, 3.05) is 40.9 Å². The summed E-state index contributed by atoms with van der Waals surface area (Å²) in [5.41, 5.74) is 0. The van der Waals surface area contributed by atoms with Crippen molar-refractivity contribution in [2.24, 2.45) is 0 Å². The van der Waals surface area contributed by atoms with Crippen LogP contribution in [-0.2, 0) is 18.4 Å². The summed E-state index contributed by atoms with van der Waals surface area (Å²) < 4.78 is 23.2. The zero-order valence-electron chi connectivity index (χ0n) is 35.3. The number of aliphatic hydroxyl groups excluding tert-OH is 2. The molecule has 0 saturated heterocycles. The van der Waals surface area contributed by atoms with E-state index in [1.54, 1.807) is 6.08 Å². The summed E-state index contributed by atoms with van der Waals surface area (Å²) in [4.78, 5) is 25.3. The lowest BCUT2D eigenvalue weighted by Crippen LogP contribution is -2.46. The number of allylic oxidation sites excluding steroid dienone is 7. The molecule has 0 aromatic carbocycles. The average Bonchev–Trinajstić information content (AvgIpc) is 3.11. The SMILES string of the molecule is CCCCC/C=C\C/C=C\C/C=C\C=C\[C@H](O)CCCC(=O)N[C@@H](COP(=O)([O-])OCC[N+](C)(C)C)[C@H](O)CCCCCCCCCCCCCCCC. The molecule has 1 unspecified atom stereocenters. The summed E-state index contributed by atoms with van der Waals surface area (Å²) in [5.74, 6) is -0.325. The minimum Gasteiger partial charge on any atom is -0.756 e. The number of aliphatic hydroxyl groups is 2. The van der Waals surface area contributed by atoms with Gasteiger partial charge >= 0.3 is 0 Å². The van der Waals surface area contributed by atoms with Crippen LogP contribution in [0.2, 0.25) is 0 Å². The molecule has 10 heteroatoms. The number of unbranched alkanes of at least 4 members (excludes halogenated alkanes) is 16. The second kappa shape index (κ2) is 35.8. The lowest BCUT2D eigenvalue weighted by Gasteiger charge is -2.30. The van der Waals surface area contributed by atoms with Crippen molar-refractivity contribution in [3.63, 3.8) is 0 Å². The Balaban J connectivity index is 4.62. The van der Waals surface area contributed by atoms with Crippen LogP contribution < -0.4 is 10.2 Å². The van der Waals surface area contributed by atoms with Gasteiger partial charge in [-0.05, 0) is 44.9 Å². The van der Waals surface area contributed by atoms with Crippen LogP contribution in [-0.4, -0.2) is 79.8 Å². The van der Waals surface area contributed by atoms with Gasteiger partial charge in [0.05, 0.1) is 46.0 Å². The molecule has 0 aliphatic rings. The number of hydrogen-bond acceptors (Lipinski definition) is 7. The van der Waals surface area contributed by atoms with E-state index in [1.165, 1.54) is 89.9 Å². The Hall–Kier alpha value is -1.58. The molecule has 0 aromatic rings. The van der Waals surface area contributed by atoms with E-state index in [0.717, 1.165) is 38.5 Å². The van der Waals surface area contributed by atoms with Gasteiger partial charge in [0.2, 0.25) is 5.91 Å². The van der Waals surface area contributed by atoms with Crippen LogP contribution >= 0.6 is 7.82 Å². The molecule has 0 rings (SSSR count). The monoisotopic (exact) mass is 783 g/mol. The molecular formula is C44H83N2O7P. The second-order valence-electron chi connectivity index (χ2n) is 15.9. The fourth-order valence-electron chi connectivity index (χ4n) is 5.91. The van der Waals surface area contributed by atoms with Gasteiger partial charge in [0, 0.05) is 6.42 Å². The maximum atomic E-state index is 12.9. The van der Waals surface area contributed by atoms with Gasteiger partial charge < -0.3 is 34.0 Å². The van der Waals surface area contributed by atoms with Crippen molar-refractivity contribution >= 4 is 13.7 Å². The number of likely N-dealkylation sites (N-methyl/N-ethyl adjacent to an activating group) is 1. The highest BCUT2D eigenvalue weighted by Crippen LogP contribution is 2.38. The molecule has 0 fully saturated rings. The minimum atomic E-state index is -4.62. The maximum absolute atomic E-state index is 12.9. The predicted molar refractivity (Wildman–Crippen MR) is 225 cm³/mol.